The molecule has 0 fully saturated rings. The molecule has 18 heavy (non-hydrogen) atoms. The zero-order chi connectivity index (χ0) is 12.8. The average molecular weight is 242 g/mol. The Morgan fingerprint density at radius 3 is 2.50 bits per heavy atom. The molecule has 1 unspecified atom stereocenters. The monoisotopic (exact) mass is 242 g/mol. The fraction of sp³-hybridized carbons (Fsp3) is 0.312. The van der Waals surface area contributed by atoms with Gasteiger partial charge < -0.3 is 4.90 Å². The Morgan fingerprint density at radius 2 is 1.83 bits per heavy atom. The van der Waals surface area contributed by atoms with Gasteiger partial charge in [0.25, 0.3) is 0 Å². The summed E-state index contributed by atoms with van der Waals surface area (Å²) >= 11 is 0. The summed E-state index contributed by atoms with van der Waals surface area (Å²) in [6, 6.07) is 15.1. The van der Waals surface area contributed by atoms with Crippen molar-refractivity contribution in [2.75, 3.05) is 13.6 Å². The summed E-state index contributed by atoms with van der Waals surface area (Å²) < 4.78 is 0. The number of aromatic amines is 1. The van der Waals surface area contributed by atoms with E-state index in [2.05, 4.69) is 55.4 Å². The number of hydrogen-bond acceptors (Lipinski definition) is 0. The summed E-state index contributed by atoms with van der Waals surface area (Å²) in [4.78, 5) is 4.82. The first-order valence-corrected chi connectivity index (χ1v) is 6.56. The van der Waals surface area contributed by atoms with Gasteiger partial charge in [-0.25, -0.2) is 4.98 Å². The third-order valence-corrected chi connectivity index (χ3v) is 3.22. The fourth-order valence-electron chi connectivity index (χ4n) is 2.08. The van der Waals surface area contributed by atoms with E-state index in [1.807, 2.05) is 12.3 Å². The zero-order valence-corrected chi connectivity index (χ0v) is 11.2. The summed E-state index contributed by atoms with van der Waals surface area (Å²) in [5.74, 6) is 0. The second-order valence-corrected chi connectivity index (χ2v) is 5.01. The molecular weight excluding hydrogens is 220 g/mol. The van der Waals surface area contributed by atoms with E-state index in [9.17, 15) is 0 Å². The third kappa shape index (κ3) is 3.97. The van der Waals surface area contributed by atoms with Crippen molar-refractivity contribution >= 4 is 0 Å². The van der Waals surface area contributed by atoms with Crippen LogP contribution in [0.4, 0.5) is 0 Å². The molecule has 0 aliphatic carbocycles. The van der Waals surface area contributed by atoms with Crippen LogP contribution >= 0.6 is 0 Å². The molecule has 2 N–H and O–H groups in total. The number of aryl methyl sites for hydroxylation is 1. The molecule has 1 aromatic carbocycles. The number of rotatable bonds is 5. The molecule has 0 aliphatic rings. The van der Waals surface area contributed by atoms with Crippen LogP contribution < -0.4 is 9.88 Å². The maximum Gasteiger partial charge on any atom is 0.185 e. The van der Waals surface area contributed by atoms with E-state index >= 15 is 0 Å². The molecule has 2 nitrogen and oxygen atoms in total. The summed E-state index contributed by atoms with van der Waals surface area (Å²) in [5.41, 5.74) is 4.05. The van der Waals surface area contributed by atoms with Crippen molar-refractivity contribution in [2.45, 2.75) is 19.9 Å². The standard InChI is InChI=1S/C16H20N2/c1-14-6-8-15(9-7-14)13-18(2)12-10-16-5-3-4-11-17-16/h3-9,11H,10,12-13H2,1-2H3/p+2. The molecule has 0 amide bonds. The van der Waals surface area contributed by atoms with Crippen molar-refractivity contribution in [1.82, 2.24) is 0 Å². The Morgan fingerprint density at radius 1 is 1.06 bits per heavy atom. The van der Waals surface area contributed by atoms with E-state index in [0.29, 0.717) is 0 Å². The highest BCUT2D eigenvalue weighted by Crippen LogP contribution is 2.01. The molecule has 1 heterocycles. The predicted molar refractivity (Wildman–Crippen MR) is 73.3 cm³/mol. The van der Waals surface area contributed by atoms with Crippen LogP contribution in [0.5, 0.6) is 0 Å². The lowest BCUT2D eigenvalue weighted by molar-refractivity contribution is -0.893. The summed E-state index contributed by atoms with van der Waals surface area (Å²) in [6.07, 6.45) is 3.09. The smallest absolute Gasteiger partial charge is 0.185 e. The first-order chi connectivity index (χ1) is 8.74. The SMILES string of the molecule is Cc1ccc(C[NH+](C)CCc2cccc[nH+]2)cc1. The second kappa shape index (κ2) is 6.31. The van der Waals surface area contributed by atoms with Crippen LogP contribution in [0, 0.1) is 6.92 Å². The van der Waals surface area contributed by atoms with Gasteiger partial charge in [-0.3, -0.25) is 0 Å². The number of nitrogens with one attached hydrogen (secondary N) is 2. The van der Waals surface area contributed by atoms with Gasteiger partial charge >= 0.3 is 0 Å². The number of H-pyrrole nitrogens is 1. The van der Waals surface area contributed by atoms with Crippen LogP contribution in [-0.4, -0.2) is 13.6 Å². The van der Waals surface area contributed by atoms with Crippen LogP contribution in [0.3, 0.4) is 0 Å². The Hall–Kier alpha value is -1.67. The van der Waals surface area contributed by atoms with Crippen molar-refractivity contribution in [1.29, 1.82) is 0 Å². The summed E-state index contributed by atoms with van der Waals surface area (Å²) in [7, 11) is 2.25. The maximum absolute atomic E-state index is 3.28. The fourth-order valence-corrected chi connectivity index (χ4v) is 2.08. The van der Waals surface area contributed by atoms with Crippen molar-refractivity contribution in [2.24, 2.45) is 0 Å². The molecule has 0 spiro atoms. The highest BCUT2D eigenvalue weighted by molar-refractivity contribution is 5.20. The molecule has 0 aliphatic heterocycles. The van der Waals surface area contributed by atoms with Gasteiger partial charge in [0.2, 0.25) is 0 Å². The summed E-state index contributed by atoms with van der Waals surface area (Å²) in [5, 5.41) is 0. The molecule has 94 valence electrons. The molecule has 1 aromatic heterocycles. The van der Waals surface area contributed by atoms with Gasteiger partial charge in [0.15, 0.2) is 11.9 Å². The van der Waals surface area contributed by atoms with Gasteiger partial charge in [0.05, 0.1) is 20.0 Å². The van der Waals surface area contributed by atoms with E-state index in [4.69, 9.17) is 0 Å². The zero-order valence-electron chi connectivity index (χ0n) is 11.2. The largest absolute Gasteiger partial charge is 0.333 e. The minimum Gasteiger partial charge on any atom is -0.333 e. The summed E-state index contributed by atoms with van der Waals surface area (Å²) in [6.45, 7) is 4.37. The van der Waals surface area contributed by atoms with Gasteiger partial charge in [-0.15, -0.1) is 0 Å². The van der Waals surface area contributed by atoms with Gasteiger partial charge in [-0.05, 0) is 6.92 Å². The Kier molecular flexibility index (Phi) is 4.48. The number of pyridine rings is 1. The molecule has 2 aromatic rings. The molecule has 0 saturated carbocycles. The van der Waals surface area contributed by atoms with Gasteiger partial charge in [-0.2, -0.15) is 0 Å². The molecular formula is C16H22N2+2. The number of quaternary nitrogens is 1. The average Bonchev–Trinajstić information content (AvgIpc) is 2.40. The topological polar surface area (TPSA) is 18.6 Å². The lowest BCUT2D eigenvalue weighted by Gasteiger charge is -2.13. The van der Waals surface area contributed by atoms with Crippen LogP contribution in [0.2, 0.25) is 0 Å². The third-order valence-electron chi connectivity index (χ3n) is 3.22. The number of likely N-dealkylation sites (N-methyl/N-ethyl adjacent to an activating group) is 1. The highest BCUT2D eigenvalue weighted by Gasteiger charge is 2.07. The van der Waals surface area contributed by atoms with Crippen LogP contribution in [0.1, 0.15) is 16.8 Å². The Bertz CT molecular complexity index is 462. The second-order valence-electron chi connectivity index (χ2n) is 5.01. The Balaban J connectivity index is 1.82. The maximum atomic E-state index is 3.28. The van der Waals surface area contributed by atoms with Gasteiger partial charge in [-0.1, -0.05) is 35.9 Å². The lowest BCUT2D eigenvalue weighted by atomic mass is 10.1. The molecule has 0 radical (unpaired) electrons. The van der Waals surface area contributed by atoms with E-state index in [0.717, 1.165) is 19.5 Å². The minimum atomic E-state index is 1.09. The number of benzene rings is 1. The molecule has 2 heteroatoms. The van der Waals surface area contributed by atoms with Gasteiger partial charge in [0, 0.05) is 17.7 Å². The lowest BCUT2D eigenvalue weighted by Crippen LogP contribution is -3.07. The Labute approximate surface area is 109 Å². The molecule has 2 rings (SSSR count). The predicted octanol–water partition coefficient (Wildman–Crippen LogP) is 1.07. The number of aromatic nitrogens is 1. The van der Waals surface area contributed by atoms with E-state index in [-0.39, 0.29) is 0 Å². The first-order valence-electron chi connectivity index (χ1n) is 6.56. The quantitative estimate of drug-likeness (QED) is 0.808. The van der Waals surface area contributed by atoms with Crippen LogP contribution in [0.25, 0.3) is 0 Å². The molecule has 1 atom stereocenters. The van der Waals surface area contributed by atoms with Crippen molar-refractivity contribution in [3.05, 3.63) is 65.5 Å². The molecule has 0 saturated heterocycles. The number of hydrogen-bond donors (Lipinski definition) is 1. The van der Waals surface area contributed by atoms with Gasteiger partial charge in [0.1, 0.15) is 6.54 Å². The van der Waals surface area contributed by atoms with E-state index in [1.165, 1.54) is 21.7 Å². The van der Waals surface area contributed by atoms with Crippen molar-refractivity contribution in [3.63, 3.8) is 0 Å². The van der Waals surface area contributed by atoms with E-state index < -0.39 is 0 Å². The minimum absolute atomic E-state index is 1.09. The normalized spacial score (nSPS) is 12.3. The van der Waals surface area contributed by atoms with Crippen molar-refractivity contribution in [3.8, 4) is 0 Å². The highest BCUT2D eigenvalue weighted by atomic mass is 15.1. The van der Waals surface area contributed by atoms with Crippen LogP contribution in [-0.2, 0) is 13.0 Å². The first kappa shape index (κ1) is 12.8. The van der Waals surface area contributed by atoms with Crippen LogP contribution in [0.15, 0.2) is 48.7 Å². The van der Waals surface area contributed by atoms with Crippen molar-refractivity contribution < 1.29 is 9.88 Å². The van der Waals surface area contributed by atoms with E-state index in [1.54, 1.807) is 0 Å². The molecule has 0 bridgehead atoms.